The molecule has 7 heteroatoms. The summed E-state index contributed by atoms with van der Waals surface area (Å²) in [6, 6.07) is 6.82. The Bertz CT molecular complexity index is 525. The number of allylic oxidation sites excluding steroid dienone is 3. The first-order valence-electron chi connectivity index (χ1n) is 5.40. The molecule has 1 aromatic rings. The van der Waals surface area contributed by atoms with Crippen molar-refractivity contribution in [2.24, 2.45) is 5.16 Å². The Morgan fingerprint density at radius 3 is 2.75 bits per heavy atom. The van der Waals surface area contributed by atoms with Crippen LogP contribution in [0.3, 0.4) is 0 Å². The van der Waals surface area contributed by atoms with Crippen LogP contribution in [0.5, 0.6) is 5.75 Å². The van der Waals surface area contributed by atoms with Crippen LogP contribution in [-0.4, -0.2) is 17.6 Å². The highest BCUT2D eigenvalue weighted by molar-refractivity contribution is 6.17. The van der Waals surface area contributed by atoms with Crippen LogP contribution in [0.25, 0.3) is 0 Å². The van der Waals surface area contributed by atoms with Crippen molar-refractivity contribution < 1.29 is 23.1 Å². The lowest BCUT2D eigenvalue weighted by Gasteiger charge is -2.04. The molecule has 0 atom stereocenters. The summed E-state index contributed by atoms with van der Waals surface area (Å²) in [5.74, 6) is 0.767. The molecule has 0 aliphatic heterocycles. The maximum absolute atomic E-state index is 12.4. The molecule has 0 bridgehead atoms. The van der Waals surface area contributed by atoms with Gasteiger partial charge in [0.05, 0.1) is 18.0 Å². The minimum atomic E-state index is -4.60. The zero-order valence-electron chi connectivity index (χ0n) is 10.1. The molecule has 0 aromatic heterocycles. The van der Waals surface area contributed by atoms with Gasteiger partial charge in [-0.1, -0.05) is 17.3 Å². The van der Waals surface area contributed by atoms with E-state index in [2.05, 4.69) is 5.16 Å². The molecule has 0 saturated carbocycles. The molecule has 3 nitrogen and oxygen atoms in total. The van der Waals surface area contributed by atoms with Crippen LogP contribution in [-0.2, 0) is 5.88 Å². The average molecular weight is 306 g/mol. The zero-order chi connectivity index (χ0) is 15.0. The van der Waals surface area contributed by atoms with Crippen molar-refractivity contribution in [3.8, 4) is 5.75 Å². The standard InChI is InChI=1S/C13H11ClF3NO2/c14-8-10-3-1-5-12(7-10)20-6-2-4-11(9-18-19)13(15,16)17/h1-7,9,19H,8H2/b6-2+,11-4+,18-9+. The van der Waals surface area contributed by atoms with E-state index in [0.29, 0.717) is 17.8 Å². The van der Waals surface area contributed by atoms with E-state index < -0.39 is 11.7 Å². The molecule has 0 saturated heterocycles. The van der Waals surface area contributed by atoms with Gasteiger partial charge in [0.25, 0.3) is 0 Å². The van der Waals surface area contributed by atoms with Gasteiger partial charge >= 0.3 is 6.18 Å². The van der Waals surface area contributed by atoms with Crippen molar-refractivity contribution in [1.82, 2.24) is 0 Å². The molecule has 0 spiro atoms. The zero-order valence-corrected chi connectivity index (χ0v) is 10.9. The van der Waals surface area contributed by atoms with Gasteiger partial charge in [-0.05, 0) is 29.8 Å². The lowest BCUT2D eigenvalue weighted by molar-refractivity contribution is -0.0857. The summed E-state index contributed by atoms with van der Waals surface area (Å²) in [7, 11) is 0. The van der Waals surface area contributed by atoms with Gasteiger partial charge in [-0.2, -0.15) is 13.2 Å². The Hall–Kier alpha value is -1.95. The Kier molecular flexibility index (Phi) is 6.11. The summed E-state index contributed by atoms with van der Waals surface area (Å²) < 4.78 is 42.3. The van der Waals surface area contributed by atoms with Crippen LogP contribution < -0.4 is 4.74 Å². The third-order valence-electron chi connectivity index (χ3n) is 2.14. The number of hydrogen-bond donors (Lipinski definition) is 1. The maximum Gasteiger partial charge on any atom is 0.418 e. The van der Waals surface area contributed by atoms with Crippen LogP contribution >= 0.6 is 11.6 Å². The van der Waals surface area contributed by atoms with E-state index in [1.54, 1.807) is 24.3 Å². The molecule has 108 valence electrons. The molecule has 1 rings (SSSR count). The number of ether oxygens (including phenoxy) is 1. The highest BCUT2D eigenvalue weighted by Gasteiger charge is 2.32. The monoisotopic (exact) mass is 305 g/mol. The van der Waals surface area contributed by atoms with Crippen molar-refractivity contribution in [2.75, 3.05) is 0 Å². The lowest BCUT2D eigenvalue weighted by atomic mass is 10.2. The number of alkyl halides is 4. The third-order valence-corrected chi connectivity index (χ3v) is 2.44. The number of hydrogen-bond acceptors (Lipinski definition) is 3. The van der Waals surface area contributed by atoms with E-state index in [-0.39, 0.29) is 0 Å². The van der Waals surface area contributed by atoms with E-state index in [1.807, 2.05) is 0 Å². The summed E-state index contributed by atoms with van der Waals surface area (Å²) in [4.78, 5) is 0. The fourth-order valence-electron chi connectivity index (χ4n) is 1.24. The molecule has 1 N–H and O–H groups in total. The van der Waals surface area contributed by atoms with Gasteiger partial charge in [0.1, 0.15) is 5.75 Å². The summed E-state index contributed by atoms with van der Waals surface area (Å²) in [6.07, 6.45) is -1.43. The Balaban J connectivity index is 2.72. The molecule has 0 amide bonds. The quantitative estimate of drug-likeness (QED) is 0.220. The second-order valence-corrected chi connectivity index (χ2v) is 3.86. The lowest BCUT2D eigenvalue weighted by Crippen LogP contribution is -2.12. The molecule has 0 fully saturated rings. The van der Waals surface area contributed by atoms with Crippen LogP contribution in [0, 0.1) is 0 Å². The maximum atomic E-state index is 12.4. The number of rotatable bonds is 5. The normalized spacial score (nSPS) is 13.3. The molecule has 0 aliphatic rings. The van der Waals surface area contributed by atoms with E-state index in [0.717, 1.165) is 24.0 Å². The number of benzene rings is 1. The second-order valence-electron chi connectivity index (χ2n) is 3.59. The predicted molar refractivity (Wildman–Crippen MR) is 70.2 cm³/mol. The van der Waals surface area contributed by atoms with Gasteiger partial charge in [0.2, 0.25) is 0 Å². The van der Waals surface area contributed by atoms with Gasteiger partial charge < -0.3 is 9.94 Å². The summed E-state index contributed by atoms with van der Waals surface area (Å²) in [5, 5.41) is 10.5. The Morgan fingerprint density at radius 2 is 2.15 bits per heavy atom. The first kappa shape index (κ1) is 16.1. The van der Waals surface area contributed by atoms with E-state index in [9.17, 15) is 13.2 Å². The van der Waals surface area contributed by atoms with Gasteiger partial charge in [-0.25, -0.2) is 0 Å². The number of nitrogens with zero attached hydrogens (tertiary/aromatic N) is 1. The van der Waals surface area contributed by atoms with Crippen LogP contribution in [0.4, 0.5) is 13.2 Å². The van der Waals surface area contributed by atoms with Crippen molar-refractivity contribution in [3.63, 3.8) is 0 Å². The first-order chi connectivity index (χ1) is 9.47. The molecule has 1 aromatic carbocycles. The highest BCUT2D eigenvalue weighted by Crippen LogP contribution is 2.24. The smallest absolute Gasteiger partial charge is 0.418 e. The highest BCUT2D eigenvalue weighted by atomic mass is 35.5. The van der Waals surface area contributed by atoms with Crippen molar-refractivity contribution in [3.05, 3.63) is 53.8 Å². The molecule has 0 unspecified atom stereocenters. The fourth-order valence-corrected chi connectivity index (χ4v) is 1.40. The molecule has 0 heterocycles. The van der Waals surface area contributed by atoms with E-state index >= 15 is 0 Å². The van der Waals surface area contributed by atoms with Gasteiger partial charge in [0, 0.05) is 5.88 Å². The summed E-state index contributed by atoms with van der Waals surface area (Å²) in [6.45, 7) is 0. The summed E-state index contributed by atoms with van der Waals surface area (Å²) >= 11 is 5.64. The van der Waals surface area contributed by atoms with Crippen molar-refractivity contribution >= 4 is 17.8 Å². The molecular weight excluding hydrogens is 295 g/mol. The Morgan fingerprint density at radius 1 is 1.40 bits per heavy atom. The van der Waals surface area contributed by atoms with Gasteiger partial charge in [-0.3, -0.25) is 0 Å². The first-order valence-corrected chi connectivity index (χ1v) is 5.94. The molecule has 0 aliphatic carbocycles. The number of halogens is 4. The van der Waals surface area contributed by atoms with Crippen molar-refractivity contribution in [1.29, 1.82) is 0 Å². The molecule has 0 radical (unpaired) electrons. The average Bonchev–Trinajstić information content (AvgIpc) is 2.41. The van der Waals surface area contributed by atoms with Crippen LogP contribution in [0.15, 0.2) is 53.4 Å². The third kappa shape index (κ3) is 5.36. The van der Waals surface area contributed by atoms with E-state index in [1.165, 1.54) is 0 Å². The van der Waals surface area contributed by atoms with Crippen LogP contribution in [0.1, 0.15) is 5.56 Å². The predicted octanol–water partition coefficient (Wildman–Crippen LogP) is 4.27. The van der Waals surface area contributed by atoms with Gasteiger partial charge in [-0.15, -0.1) is 11.6 Å². The Labute approximate surface area is 118 Å². The fraction of sp³-hybridized carbons (Fsp3) is 0.154. The SMILES string of the molecule is O/N=C/C(=C\C=C\Oc1cccc(CCl)c1)C(F)(F)F. The number of oxime groups is 1. The molecule has 20 heavy (non-hydrogen) atoms. The summed E-state index contributed by atoms with van der Waals surface area (Å²) in [5.41, 5.74) is -0.272. The largest absolute Gasteiger partial charge is 0.465 e. The van der Waals surface area contributed by atoms with E-state index in [4.69, 9.17) is 21.5 Å². The van der Waals surface area contributed by atoms with Crippen molar-refractivity contribution in [2.45, 2.75) is 12.1 Å². The second kappa shape index (κ2) is 7.59. The molecular formula is C13H11ClF3NO2. The minimum Gasteiger partial charge on any atom is -0.465 e. The van der Waals surface area contributed by atoms with Gasteiger partial charge in [0.15, 0.2) is 0 Å². The van der Waals surface area contributed by atoms with Crippen LogP contribution in [0.2, 0.25) is 0 Å². The minimum absolute atomic E-state index is 0.304. The topological polar surface area (TPSA) is 41.8 Å².